The van der Waals surface area contributed by atoms with Gasteiger partial charge in [-0.25, -0.2) is 0 Å². The molecule has 2 bridgehead atoms. The molecular formula is C33H40N4O5. The predicted molar refractivity (Wildman–Crippen MR) is 159 cm³/mol. The fourth-order valence-corrected chi connectivity index (χ4v) is 7.05. The molecule has 0 aromatic heterocycles. The summed E-state index contributed by atoms with van der Waals surface area (Å²) in [5.74, 6) is -0.763. The average molecular weight is 573 g/mol. The Kier molecular flexibility index (Phi) is 8.05. The quantitative estimate of drug-likeness (QED) is 0.418. The van der Waals surface area contributed by atoms with Crippen LogP contribution in [0.2, 0.25) is 0 Å². The molecule has 1 saturated carbocycles. The Labute approximate surface area is 247 Å². The lowest BCUT2D eigenvalue weighted by Crippen LogP contribution is -2.56. The molecule has 3 heterocycles. The maximum Gasteiger partial charge on any atom is 0.246 e. The number of amides is 3. The molecule has 222 valence electrons. The second-order valence-corrected chi connectivity index (χ2v) is 12.2. The number of carbonyl (C=O) groups is 3. The number of carbonyl (C=O) groups excluding carboxylic acids is 3. The van der Waals surface area contributed by atoms with Crippen molar-refractivity contribution < 1.29 is 23.9 Å². The van der Waals surface area contributed by atoms with E-state index >= 15 is 0 Å². The van der Waals surface area contributed by atoms with E-state index in [9.17, 15) is 14.4 Å². The first-order valence-electron chi connectivity index (χ1n) is 15.1. The number of para-hydroxylation sites is 1. The normalized spacial score (nSPS) is 28.3. The predicted octanol–water partition coefficient (Wildman–Crippen LogP) is 3.97. The van der Waals surface area contributed by atoms with E-state index in [-0.39, 0.29) is 23.8 Å². The second kappa shape index (κ2) is 11.9. The summed E-state index contributed by atoms with van der Waals surface area (Å²) in [7, 11) is 3.97. The maximum atomic E-state index is 14.1. The van der Waals surface area contributed by atoms with E-state index in [0.717, 1.165) is 44.4 Å². The molecule has 6 rings (SSSR count). The number of anilines is 1. The van der Waals surface area contributed by atoms with Crippen molar-refractivity contribution in [3.05, 3.63) is 66.7 Å². The van der Waals surface area contributed by atoms with Gasteiger partial charge in [0.25, 0.3) is 0 Å². The lowest BCUT2D eigenvalue weighted by atomic mass is 9.74. The van der Waals surface area contributed by atoms with Crippen LogP contribution in [0.3, 0.4) is 0 Å². The summed E-state index contributed by atoms with van der Waals surface area (Å²) in [6, 6.07) is 15.9. The van der Waals surface area contributed by atoms with Crippen LogP contribution in [0.15, 0.2) is 66.7 Å². The van der Waals surface area contributed by atoms with Gasteiger partial charge in [-0.05, 0) is 76.3 Å². The molecule has 3 amide bonds. The zero-order chi connectivity index (χ0) is 29.3. The topological polar surface area (TPSA) is 100 Å². The van der Waals surface area contributed by atoms with Gasteiger partial charge < -0.3 is 29.9 Å². The summed E-state index contributed by atoms with van der Waals surface area (Å²) in [4.78, 5) is 45.4. The van der Waals surface area contributed by atoms with Crippen LogP contribution in [0, 0.1) is 11.8 Å². The minimum absolute atomic E-state index is 0.107. The molecule has 2 saturated heterocycles. The van der Waals surface area contributed by atoms with Gasteiger partial charge in [-0.3, -0.25) is 14.4 Å². The van der Waals surface area contributed by atoms with E-state index in [2.05, 4.69) is 15.5 Å². The molecule has 9 heteroatoms. The van der Waals surface area contributed by atoms with Crippen molar-refractivity contribution in [2.45, 2.75) is 62.3 Å². The first-order chi connectivity index (χ1) is 20.4. The molecular weight excluding hydrogens is 532 g/mol. The van der Waals surface area contributed by atoms with E-state index in [4.69, 9.17) is 9.47 Å². The first-order valence-corrected chi connectivity index (χ1v) is 15.1. The summed E-state index contributed by atoms with van der Waals surface area (Å²) in [5.41, 5.74) is -0.547. The van der Waals surface area contributed by atoms with Crippen LogP contribution >= 0.6 is 0 Å². The standard InChI is InChI=1S/C33H40N4O5/c1-36(2)20-9-21-37-29(31(39)35-22-10-5-3-6-11-22)33-19-18-26(42-33)27(28(33)32(37)40)30(38)34-23-14-16-25(17-15-23)41-24-12-7-4-8-13-24/h4,7-8,12-19,22,26-29H,3,5-6,9-11,20-21H2,1-2H3,(H,34,38)(H,35,39)/t26-,27-,28-,29+,33-/m0/s1. The van der Waals surface area contributed by atoms with Gasteiger partial charge in [0.05, 0.1) is 17.9 Å². The van der Waals surface area contributed by atoms with E-state index in [1.54, 1.807) is 29.2 Å². The molecule has 0 radical (unpaired) electrons. The Hall–Kier alpha value is -3.69. The van der Waals surface area contributed by atoms with Crippen LogP contribution in [0.25, 0.3) is 0 Å². The molecule has 5 atom stereocenters. The lowest BCUT2D eigenvalue weighted by molar-refractivity contribution is -0.141. The molecule has 2 aromatic rings. The smallest absolute Gasteiger partial charge is 0.246 e. The number of benzene rings is 2. The molecule has 42 heavy (non-hydrogen) atoms. The Bertz CT molecular complexity index is 1320. The number of rotatable bonds is 10. The van der Waals surface area contributed by atoms with Crippen LogP contribution in [0.4, 0.5) is 5.69 Å². The molecule has 0 unspecified atom stereocenters. The van der Waals surface area contributed by atoms with Gasteiger partial charge in [0, 0.05) is 18.3 Å². The molecule has 1 spiro atoms. The van der Waals surface area contributed by atoms with Gasteiger partial charge in [-0.15, -0.1) is 0 Å². The number of fused-ring (bicyclic) bond motifs is 1. The van der Waals surface area contributed by atoms with Crippen molar-refractivity contribution >= 4 is 23.4 Å². The third kappa shape index (κ3) is 5.43. The zero-order valence-corrected chi connectivity index (χ0v) is 24.3. The van der Waals surface area contributed by atoms with Crippen molar-refractivity contribution in [3.63, 3.8) is 0 Å². The highest BCUT2D eigenvalue weighted by atomic mass is 16.5. The molecule has 2 N–H and O–H groups in total. The van der Waals surface area contributed by atoms with Gasteiger partial charge in [0.1, 0.15) is 23.1 Å². The lowest BCUT2D eigenvalue weighted by Gasteiger charge is -2.34. The monoisotopic (exact) mass is 572 g/mol. The van der Waals surface area contributed by atoms with E-state index in [1.807, 2.05) is 56.6 Å². The van der Waals surface area contributed by atoms with Crippen molar-refractivity contribution in [1.29, 1.82) is 0 Å². The van der Waals surface area contributed by atoms with Crippen LogP contribution in [0.5, 0.6) is 11.5 Å². The van der Waals surface area contributed by atoms with E-state index < -0.39 is 29.6 Å². The molecule has 1 aliphatic carbocycles. The van der Waals surface area contributed by atoms with E-state index in [0.29, 0.717) is 18.0 Å². The summed E-state index contributed by atoms with van der Waals surface area (Å²) in [5, 5.41) is 6.22. The summed E-state index contributed by atoms with van der Waals surface area (Å²) in [6.07, 6.45) is 9.15. The molecule has 2 aromatic carbocycles. The SMILES string of the molecule is CN(C)CCCN1C(=O)[C@@H]2[C@@H](C(=O)Nc3ccc(Oc4ccccc4)cc3)[C@@H]3C=C[C@@]2(O3)[C@H]1C(=O)NC1CCCCC1. The summed E-state index contributed by atoms with van der Waals surface area (Å²) < 4.78 is 12.3. The van der Waals surface area contributed by atoms with Crippen LogP contribution in [-0.2, 0) is 19.1 Å². The summed E-state index contributed by atoms with van der Waals surface area (Å²) >= 11 is 0. The average Bonchev–Trinajstić information content (AvgIpc) is 3.62. The third-order valence-corrected chi connectivity index (χ3v) is 8.98. The van der Waals surface area contributed by atoms with Gasteiger partial charge in [0.2, 0.25) is 17.7 Å². The Morgan fingerprint density at radius 3 is 2.43 bits per heavy atom. The second-order valence-electron chi connectivity index (χ2n) is 12.2. The zero-order valence-electron chi connectivity index (χ0n) is 24.3. The van der Waals surface area contributed by atoms with Gasteiger partial charge >= 0.3 is 0 Å². The number of hydrogen-bond acceptors (Lipinski definition) is 6. The highest BCUT2D eigenvalue weighted by Gasteiger charge is 2.72. The Morgan fingerprint density at radius 1 is 1.00 bits per heavy atom. The highest BCUT2D eigenvalue weighted by Crippen LogP contribution is 2.55. The minimum Gasteiger partial charge on any atom is -0.457 e. The number of hydrogen-bond donors (Lipinski definition) is 2. The van der Waals surface area contributed by atoms with Crippen LogP contribution in [-0.4, -0.2) is 78.5 Å². The molecule has 3 fully saturated rings. The van der Waals surface area contributed by atoms with E-state index in [1.165, 1.54) is 6.42 Å². The molecule has 3 aliphatic heterocycles. The highest BCUT2D eigenvalue weighted by molar-refractivity contribution is 6.02. The van der Waals surface area contributed by atoms with Crippen molar-refractivity contribution in [2.75, 3.05) is 32.5 Å². The van der Waals surface area contributed by atoms with Crippen molar-refractivity contribution in [3.8, 4) is 11.5 Å². The number of nitrogens with one attached hydrogen (secondary N) is 2. The fourth-order valence-electron chi connectivity index (χ4n) is 7.05. The largest absolute Gasteiger partial charge is 0.457 e. The van der Waals surface area contributed by atoms with Crippen LogP contribution in [0.1, 0.15) is 38.5 Å². The fraction of sp³-hybridized carbons (Fsp3) is 0.485. The Balaban J connectivity index is 1.20. The third-order valence-electron chi connectivity index (χ3n) is 8.98. The maximum absolute atomic E-state index is 14.1. The first kappa shape index (κ1) is 28.4. The number of likely N-dealkylation sites (tertiary alicyclic amines) is 1. The number of nitrogens with zero attached hydrogens (tertiary/aromatic N) is 2. The van der Waals surface area contributed by atoms with Gasteiger partial charge in [0.15, 0.2) is 0 Å². The minimum atomic E-state index is -1.14. The van der Waals surface area contributed by atoms with Crippen molar-refractivity contribution in [2.24, 2.45) is 11.8 Å². The van der Waals surface area contributed by atoms with Crippen molar-refractivity contribution in [1.82, 2.24) is 15.1 Å². The molecule has 9 nitrogen and oxygen atoms in total. The van der Waals surface area contributed by atoms with Gasteiger partial charge in [-0.2, -0.15) is 0 Å². The van der Waals surface area contributed by atoms with Crippen LogP contribution < -0.4 is 15.4 Å². The van der Waals surface area contributed by atoms with Gasteiger partial charge in [-0.1, -0.05) is 49.6 Å². The number of ether oxygens (including phenoxy) is 2. The summed E-state index contributed by atoms with van der Waals surface area (Å²) in [6.45, 7) is 1.21. The molecule has 4 aliphatic rings. The Morgan fingerprint density at radius 2 is 1.71 bits per heavy atom.